The number of amides is 1. The predicted octanol–water partition coefficient (Wildman–Crippen LogP) is 2.48. The summed E-state index contributed by atoms with van der Waals surface area (Å²) in [6, 6.07) is 0. The molecular formula is C18H21F3N4O2. The molecule has 0 bridgehead atoms. The van der Waals surface area contributed by atoms with Crippen molar-refractivity contribution >= 4 is 11.7 Å². The van der Waals surface area contributed by atoms with Crippen LogP contribution < -0.4 is 5.73 Å². The number of hydrogen-bond donors (Lipinski definition) is 1. The first-order valence-electron chi connectivity index (χ1n) is 8.58. The van der Waals surface area contributed by atoms with Crippen molar-refractivity contribution in [3.8, 4) is 0 Å². The average Bonchev–Trinajstić information content (AvgIpc) is 2.94. The van der Waals surface area contributed by atoms with E-state index in [1.165, 1.54) is 11.8 Å². The smallest absolute Gasteiger partial charge is 0.396 e. The molecule has 146 valence electrons. The Balaban J connectivity index is 1.91. The van der Waals surface area contributed by atoms with Crippen LogP contribution >= 0.6 is 0 Å². The Morgan fingerprint density at radius 3 is 2.59 bits per heavy atom. The maximum absolute atomic E-state index is 13.3. The second-order valence-corrected chi connectivity index (χ2v) is 8.01. The highest BCUT2D eigenvalue weighted by Gasteiger charge is 2.49. The molecule has 0 saturated carbocycles. The predicted molar refractivity (Wildman–Crippen MR) is 90.4 cm³/mol. The average molecular weight is 382 g/mol. The van der Waals surface area contributed by atoms with Gasteiger partial charge in [-0.05, 0) is 25.8 Å². The van der Waals surface area contributed by atoms with Gasteiger partial charge in [0.25, 0.3) is 5.91 Å². The molecule has 1 atom stereocenters. The summed E-state index contributed by atoms with van der Waals surface area (Å²) in [7, 11) is 0. The van der Waals surface area contributed by atoms with Gasteiger partial charge in [-0.15, -0.1) is 0 Å². The molecule has 1 amide bonds. The lowest BCUT2D eigenvalue weighted by molar-refractivity contribution is -0.141. The molecule has 1 fully saturated rings. The van der Waals surface area contributed by atoms with E-state index in [9.17, 15) is 22.8 Å². The second kappa shape index (κ2) is 6.03. The third-order valence-electron chi connectivity index (χ3n) is 5.21. The molecule has 0 aromatic carbocycles. The number of likely N-dealkylation sites (tertiary alicyclic amines) is 1. The van der Waals surface area contributed by atoms with Crippen molar-refractivity contribution in [2.75, 3.05) is 13.1 Å². The molecule has 0 radical (unpaired) electrons. The number of nitrogens with zero attached hydrogens (tertiary/aromatic N) is 3. The van der Waals surface area contributed by atoms with Crippen LogP contribution in [-0.2, 0) is 11.0 Å². The molecule has 1 aliphatic heterocycles. The summed E-state index contributed by atoms with van der Waals surface area (Å²) in [6.07, 6.45) is -1.13. The Morgan fingerprint density at radius 1 is 1.33 bits per heavy atom. The van der Waals surface area contributed by atoms with Crippen molar-refractivity contribution in [1.29, 1.82) is 0 Å². The first-order chi connectivity index (χ1) is 12.3. The van der Waals surface area contributed by atoms with Gasteiger partial charge in [-0.3, -0.25) is 9.59 Å². The van der Waals surface area contributed by atoms with Gasteiger partial charge in [0.05, 0.1) is 11.3 Å². The van der Waals surface area contributed by atoms with Crippen molar-refractivity contribution in [3.63, 3.8) is 0 Å². The number of hydrogen-bond acceptors (Lipinski definition) is 5. The van der Waals surface area contributed by atoms with E-state index in [0.717, 1.165) is 6.20 Å². The Labute approximate surface area is 154 Å². The monoisotopic (exact) mass is 382 g/mol. The molecule has 2 N–H and O–H groups in total. The van der Waals surface area contributed by atoms with Gasteiger partial charge in [-0.25, -0.2) is 9.97 Å². The van der Waals surface area contributed by atoms with Crippen LogP contribution in [0.5, 0.6) is 0 Å². The number of halogens is 3. The molecule has 3 rings (SSSR count). The van der Waals surface area contributed by atoms with Crippen LogP contribution in [0.25, 0.3) is 0 Å². The van der Waals surface area contributed by atoms with Gasteiger partial charge in [0.15, 0.2) is 11.5 Å². The lowest BCUT2D eigenvalue weighted by atomic mass is 9.65. The summed E-state index contributed by atoms with van der Waals surface area (Å²) >= 11 is 0. The lowest BCUT2D eigenvalue weighted by Gasteiger charge is -2.39. The first kappa shape index (κ1) is 19.3. The van der Waals surface area contributed by atoms with Crippen LogP contribution in [0.3, 0.4) is 0 Å². The van der Waals surface area contributed by atoms with Crippen LogP contribution in [0, 0.1) is 17.8 Å². The summed E-state index contributed by atoms with van der Waals surface area (Å²) in [5.74, 6) is -0.968. The first-order valence-corrected chi connectivity index (χ1v) is 8.58. The highest BCUT2D eigenvalue weighted by atomic mass is 19.4. The molecule has 1 spiro atoms. The number of aryl methyl sites for hydroxylation is 1. The number of Topliss-reactive ketones (excluding diaryl/α,β-unsaturated/α-hetero) is 1. The fourth-order valence-corrected chi connectivity index (χ4v) is 4.14. The lowest BCUT2D eigenvalue weighted by Crippen LogP contribution is -2.42. The molecule has 1 aliphatic carbocycles. The summed E-state index contributed by atoms with van der Waals surface area (Å²) in [6.45, 7) is 5.39. The molecule has 1 aromatic heterocycles. The minimum atomic E-state index is -4.75. The fourth-order valence-electron chi connectivity index (χ4n) is 4.14. The molecular weight excluding hydrogens is 361 g/mol. The van der Waals surface area contributed by atoms with Crippen molar-refractivity contribution in [2.45, 2.75) is 39.8 Å². The molecule has 27 heavy (non-hydrogen) atoms. The molecule has 9 heteroatoms. The SMILES string of the molecule is Cc1ncc(C(=O)N2CC[C@@]3(C=C(N)C(=O)C(C)(C)C3)C2)c(C(F)(F)F)n1. The number of rotatable bonds is 1. The van der Waals surface area contributed by atoms with E-state index < -0.39 is 34.2 Å². The third kappa shape index (κ3) is 3.42. The molecule has 1 aromatic rings. The van der Waals surface area contributed by atoms with E-state index in [1.807, 2.05) is 0 Å². The maximum atomic E-state index is 13.3. The molecule has 0 unspecified atom stereocenters. The van der Waals surface area contributed by atoms with Crippen LogP contribution in [0.4, 0.5) is 13.2 Å². The standard InChI is InChI=1S/C18H21F3N4O2/c1-10-23-7-11(13(24-10)18(19,20)21)15(27)25-5-4-17(9-25)6-12(22)14(26)16(2,3)8-17/h6-7H,4-5,8-9,22H2,1-3H3/t17-/m0/s1. The summed E-state index contributed by atoms with van der Waals surface area (Å²) < 4.78 is 39.9. The van der Waals surface area contributed by atoms with Gasteiger partial charge < -0.3 is 10.6 Å². The van der Waals surface area contributed by atoms with Crippen LogP contribution in [0.2, 0.25) is 0 Å². The number of carbonyl (C=O) groups excluding carboxylic acids is 2. The topological polar surface area (TPSA) is 89.2 Å². The third-order valence-corrected chi connectivity index (χ3v) is 5.21. The number of nitrogens with two attached hydrogens (primary N) is 1. The number of allylic oxidation sites excluding steroid dienone is 1. The second-order valence-electron chi connectivity index (χ2n) is 8.01. The minimum Gasteiger partial charge on any atom is -0.396 e. The number of carbonyl (C=O) groups is 2. The van der Waals surface area contributed by atoms with E-state index in [2.05, 4.69) is 9.97 Å². The summed E-state index contributed by atoms with van der Waals surface area (Å²) in [5, 5.41) is 0. The Morgan fingerprint density at radius 2 is 2.00 bits per heavy atom. The largest absolute Gasteiger partial charge is 0.434 e. The summed E-state index contributed by atoms with van der Waals surface area (Å²) in [5.41, 5.74) is 3.05. The molecule has 6 nitrogen and oxygen atoms in total. The molecule has 1 saturated heterocycles. The van der Waals surface area contributed by atoms with E-state index in [0.29, 0.717) is 12.8 Å². The van der Waals surface area contributed by atoms with Crippen molar-refractivity contribution in [2.24, 2.45) is 16.6 Å². The van der Waals surface area contributed by atoms with Gasteiger partial charge in [0.1, 0.15) is 5.82 Å². The van der Waals surface area contributed by atoms with E-state index >= 15 is 0 Å². The van der Waals surface area contributed by atoms with Gasteiger partial charge in [-0.2, -0.15) is 13.2 Å². The zero-order valence-corrected chi connectivity index (χ0v) is 15.4. The number of ketones is 1. The molecule has 2 heterocycles. The Hall–Kier alpha value is -2.45. The van der Waals surface area contributed by atoms with E-state index in [4.69, 9.17) is 5.73 Å². The summed E-state index contributed by atoms with van der Waals surface area (Å²) in [4.78, 5) is 33.5. The highest BCUT2D eigenvalue weighted by molar-refractivity contribution is 6.00. The Bertz CT molecular complexity index is 847. The van der Waals surface area contributed by atoms with Crippen molar-refractivity contribution in [3.05, 3.63) is 35.1 Å². The zero-order valence-electron chi connectivity index (χ0n) is 15.4. The van der Waals surface area contributed by atoms with Gasteiger partial charge >= 0.3 is 6.18 Å². The minimum absolute atomic E-state index is 0.0555. The van der Waals surface area contributed by atoms with E-state index in [-0.39, 0.29) is 30.4 Å². The van der Waals surface area contributed by atoms with E-state index in [1.54, 1.807) is 19.9 Å². The van der Waals surface area contributed by atoms with Crippen LogP contribution in [0.15, 0.2) is 18.0 Å². The van der Waals surface area contributed by atoms with Crippen molar-refractivity contribution < 1.29 is 22.8 Å². The number of alkyl halides is 3. The maximum Gasteiger partial charge on any atom is 0.434 e. The van der Waals surface area contributed by atoms with Gasteiger partial charge in [0.2, 0.25) is 0 Å². The molecule has 2 aliphatic rings. The van der Waals surface area contributed by atoms with Crippen molar-refractivity contribution in [1.82, 2.24) is 14.9 Å². The fraction of sp³-hybridized carbons (Fsp3) is 0.556. The van der Waals surface area contributed by atoms with Crippen LogP contribution in [0.1, 0.15) is 48.6 Å². The quantitative estimate of drug-likeness (QED) is 0.806. The van der Waals surface area contributed by atoms with Gasteiger partial charge in [-0.1, -0.05) is 13.8 Å². The van der Waals surface area contributed by atoms with Gasteiger partial charge in [0, 0.05) is 30.1 Å². The highest BCUT2D eigenvalue weighted by Crippen LogP contribution is 2.47. The Kier molecular flexibility index (Phi) is 4.32. The number of aromatic nitrogens is 2. The zero-order chi connectivity index (χ0) is 20.2. The van der Waals surface area contributed by atoms with Crippen LogP contribution in [-0.4, -0.2) is 39.6 Å². The normalized spacial score (nSPS) is 25.0.